The SMILES string of the molecule is Cc1noc(N2C[C@H]3CC[C@@H](C2)C3Cc2nc(Oc3ccc(F)c(Cl)c3)n(C)n2)n1. The van der Waals surface area contributed by atoms with E-state index < -0.39 is 5.82 Å². The highest BCUT2D eigenvalue weighted by Crippen LogP contribution is 2.44. The third-order valence-electron chi connectivity index (χ3n) is 6.10. The second-order valence-electron chi connectivity index (χ2n) is 8.11. The summed E-state index contributed by atoms with van der Waals surface area (Å²) in [6, 6.07) is 5.20. The lowest BCUT2D eigenvalue weighted by atomic mass is 9.82. The minimum absolute atomic E-state index is 0.00895. The number of anilines is 1. The van der Waals surface area contributed by atoms with Gasteiger partial charge in [0.05, 0.1) is 5.02 Å². The lowest BCUT2D eigenvalue weighted by molar-refractivity contribution is 0.254. The number of aromatic nitrogens is 5. The highest BCUT2D eigenvalue weighted by atomic mass is 35.5. The molecule has 2 fully saturated rings. The molecule has 2 aliphatic rings. The number of hydrogen-bond donors (Lipinski definition) is 0. The molecule has 0 N–H and O–H groups in total. The Hall–Kier alpha value is -2.68. The number of fused-ring (bicyclic) bond motifs is 2. The highest BCUT2D eigenvalue weighted by molar-refractivity contribution is 6.30. The number of halogens is 2. The van der Waals surface area contributed by atoms with Crippen molar-refractivity contribution in [2.24, 2.45) is 24.8 Å². The van der Waals surface area contributed by atoms with Crippen molar-refractivity contribution in [1.29, 1.82) is 0 Å². The number of benzene rings is 1. The molecule has 8 nitrogen and oxygen atoms in total. The Morgan fingerprint density at radius 1 is 1.23 bits per heavy atom. The van der Waals surface area contributed by atoms with Crippen molar-refractivity contribution in [3.63, 3.8) is 0 Å². The summed E-state index contributed by atoms with van der Waals surface area (Å²) in [4.78, 5) is 11.1. The molecule has 1 aliphatic heterocycles. The zero-order chi connectivity index (χ0) is 20.8. The third kappa shape index (κ3) is 3.62. The van der Waals surface area contributed by atoms with Crippen molar-refractivity contribution in [1.82, 2.24) is 24.9 Å². The fourth-order valence-electron chi connectivity index (χ4n) is 4.69. The van der Waals surface area contributed by atoms with Crippen LogP contribution in [0.25, 0.3) is 0 Å². The number of aryl methyl sites for hydroxylation is 2. The van der Waals surface area contributed by atoms with Crippen molar-refractivity contribution in [2.75, 3.05) is 18.0 Å². The highest BCUT2D eigenvalue weighted by Gasteiger charge is 2.43. The Bertz CT molecular complexity index is 1060. The van der Waals surface area contributed by atoms with Gasteiger partial charge in [0, 0.05) is 32.6 Å². The topological polar surface area (TPSA) is 82.1 Å². The maximum atomic E-state index is 13.4. The van der Waals surface area contributed by atoms with Crippen LogP contribution in [-0.2, 0) is 13.5 Å². The molecule has 2 bridgehead atoms. The number of ether oxygens (including phenoxy) is 1. The second-order valence-corrected chi connectivity index (χ2v) is 8.51. The van der Waals surface area contributed by atoms with Crippen LogP contribution in [0.5, 0.6) is 11.8 Å². The molecule has 1 aromatic carbocycles. The van der Waals surface area contributed by atoms with Crippen LogP contribution in [0, 0.1) is 30.5 Å². The molecule has 0 amide bonds. The van der Waals surface area contributed by atoms with Gasteiger partial charge in [-0.3, -0.25) is 0 Å². The molecular weight excluding hydrogens is 411 g/mol. The van der Waals surface area contributed by atoms with Crippen molar-refractivity contribution < 1.29 is 13.7 Å². The largest absolute Gasteiger partial charge is 0.424 e. The van der Waals surface area contributed by atoms with Crippen LogP contribution in [0.15, 0.2) is 22.7 Å². The van der Waals surface area contributed by atoms with Gasteiger partial charge in [0.25, 0.3) is 0 Å². The number of nitrogens with zero attached hydrogens (tertiary/aromatic N) is 6. The zero-order valence-electron chi connectivity index (χ0n) is 16.8. The average molecular weight is 433 g/mol. The molecular formula is C20H22ClFN6O2. The zero-order valence-corrected chi connectivity index (χ0v) is 17.5. The Morgan fingerprint density at radius 3 is 2.67 bits per heavy atom. The van der Waals surface area contributed by atoms with E-state index in [2.05, 4.69) is 25.1 Å². The van der Waals surface area contributed by atoms with E-state index in [1.165, 1.54) is 31.0 Å². The fraction of sp³-hybridized carbons (Fsp3) is 0.500. The quantitative estimate of drug-likeness (QED) is 0.606. The smallest absolute Gasteiger partial charge is 0.324 e. The summed E-state index contributed by atoms with van der Waals surface area (Å²) in [5.74, 6) is 2.95. The van der Waals surface area contributed by atoms with E-state index in [4.69, 9.17) is 20.9 Å². The molecule has 30 heavy (non-hydrogen) atoms. The molecule has 1 saturated carbocycles. The predicted molar refractivity (Wildman–Crippen MR) is 107 cm³/mol. The Labute approximate surface area is 178 Å². The Kier molecular flexibility index (Phi) is 4.85. The molecule has 10 heteroatoms. The number of piperidine rings is 1. The van der Waals surface area contributed by atoms with Gasteiger partial charge in [-0.1, -0.05) is 16.8 Å². The molecule has 3 atom stereocenters. The molecule has 3 aromatic rings. The summed E-state index contributed by atoms with van der Waals surface area (Å²) >= 11 is 5.83. The Balaban J connectivity index is 1.27. The minimum Gasteiger partial charge on any atom is -0.424 e. The first-order valence-electron chi connectivity index (χ1n) is 10.0. The van der Waals surface area contributed by atoms with E-state index in [0.29, 0.717) is 41.4 Å². The van der Waals surface area contributed by atoms with Crippen LogP contribution in [0.2, 0.25) is 5.02 Å². The molecule has 3 heterocycles. The number of rotatable bonds is 5. The molecule has 5 rings (SSSR count). The van der Waals surface area contributed by atoms with Gasteiger partial charge in [0.2, 0.25) is 0 Å². The van der Waals surface area contributed by atoms with E-state index in [9.17, 15) is 4.39 Å². The van der Waals surface area contributed by atoms with Crippen molar-refractivity contribution >= 4 is 17.6 Å². The van der Waals surface area contributed by atoms with Crippen molar-refractivity contribution in [3.05, 3.63) is 40.7 Å². The van der Waals surface area contributed by atoms with Gasteiger partial charge >= 0.3 is 12.0 Å². The van der Waals surface area contributed by atoms with Crippen LogP contribution < -0.4 is 9.64 Å². The van der Waals surface area contributed by atoms with Crippen LogP contribution in [0.3, 0.4) is 0 Å². The Morgan fingerprint density at radius 2 is 2.00 bits per heavy atom. The molecule has 2 aromatic heterocycles. The summed E-state index contributed by atoms with van der Waals surface area (Å²) in [5, 5.41) is 8.46. The summed E-state index contributed by atoms with van der Waals surface area (Å²) in [6.45, 7) is 3.65. The summed E-state index contributed by atoms with van der Waals surface area (Å²) in [6.07, 6.45) is 3.17. The molecule has 0 radical (unpaired) electrons. The second kappa shape index (κ2) is 7.54. The van der Waals surface area contributed by atoms with E-state index in [1.807, 2.05) is 6.92 Å². The first kappa shape index (κ1) is 19.3. The molecule has 0 spiro atoms. The summed E-state index contributed by atoms with van der Waals surface area (Å²) < 4.78 is 26.1. The van der Waals surface area contributed by atoms with E-state index in [-0.39, 0.29) is 5.02 Å². The minimum atomic E-state index is -0.486. The van der Waals surface area contributed by atoms with Crippen molar-refractivity contribution in [2.45, 2.75) is 26.2 Å². The molecule has 1 aliphatic carbocycles. The first-order chi connectivity index (χ1) is 14.5. The van der Waals surface area contributed by atoms with E-state index >= 15 is 0 Å². The first-order valence-corrected chi connectivity index (χ1v) is 10.4. The van der Waals surface area contributed by atoms with Gasteiger partial charge < -0.3 is 14.2 Å². The van der Waals surface area contributed by atoms with Crippen LogP contribution in [0.4, 0.5) is 10.4 Å². The third-order valence-corrected chi connectivity index (χ3v) is 6.39. The molecule has 1 unspecified atom stereocenters. The van der Waals surface area contributed by atoms with Gasteiger partial charge in [-0.15, -0.1) is 0 Å². The van der Waals surface area contributed by atoms with Crippen molar-refractivity contribution in [3.8, 4) is 11.8 Å². The fourth-order valence-corrected chi connectivity index (χ4v) is 4.86. The molecule has 158 valence electrons. The van der Waals surface area contributed by atoms with Gasteiger partial charge in [-0.25, -0.2) is 9.07 Å². The lowest BCUT2D eigenvalue weighted by Crippen LogP contribution is -2.43. The maximum Gasteiger partial charge on any atom is 0.324 e. The van der Waals surface area contributed by atoms with E-state index in [1.54, 1.807) is 11.7 Å². The van der Waals surface area contributed by atoms with Gasteiger partial charge in [-0.2, -0.15) is 15.1 Å². The van der Waals surface area contributed by atoms with Gasteiger partial charge in [0.1, 0.15) is 11.6 Å². The van der Waals surface area contributed by atoms with Crippen LogP contribution >= 0.6 is 11.6 Å². The maximum absolute atomic E-state index is 13.4. The van der Waals surface area contributed by atoms with Gasteiger partial charge in [0.15, 0.2) is 11.6 Å². The predicted octanol–water partition coefficient (Wildman–Crippen LogP) is 3.80. The van der Waals surface area contributed by atoms with Gasteiger partial charge in [-0.05, 0) is 49.7 Å². The van der Waals surface area contributed by atoms with Crippen LogP contribution in [0.1, 0.15) is 24.5 Å². The average Bonchev–Trinajstić information content (AvgIpc) is 3.35. The van der Waals surface area contributed by atoms with Crippen LogP contribution in [-0.4, -0.2) is 38.0 Å². The van der Waals surface area contributed by atoms with E-state index in [0.717, 1.165) is 25.3 Å². The normalized spacial score (nSPS) is 23.2. The summed E-state index contributed by atoms with van der Waals surface area (Å²) in [5.41, 5.74) is 0. The molecule has 1 saturated heterocycles. The summed E-state index contributed by atoms with van der Waals surface area (Å²) in [7, 11) is 1.78. The standard InChI is InChI=1S/C20H22ClFN6O2/c1-11-23-20(30-26-11)28-9-12-3-4-13(10-28)15(12)8-18-24-19(27(2)25-18)29-14-5-6-17(22)16(21)7-14/h5-7,12-13,15H,3-4,8-10H2,1-2H3/t12-,13+,15?. The monoisotopic (exact) mass is 432 g/mol. The lowest BCUT2D eigenvalue weighted by Gasteiger charge is -2.36. The number of hydrogen-bond acceptors (Lipinski definition) is 7.